The van der Waals surface area contributed by atoms with E-state index in [2.05, 4.69) is 4.98 Å². The molecule has 0 spiro atoms. The normalized spacial score (nSPS) is 11.0. The number of hydrogen-bond donors (Lipinski definition) is 1. The van der Waals surface area contributed by atoms with Crippen LogP contribution in [-0.2, 0) is 0 Å². The zero-order valence-corrected chi connectivity index (χ0v) is 10.6. The fourth-order valence-electron chi connectivity index (χ4n) is 1.86. The van der Waals surface area contributed by atoms with E-state index in [-0.39, 0.29) is 4.88 Å². The third-order valence-electron chi connectivity index (χ3n) is 2.72. The molecule has 96 valence electrons. The van der Waals surface area contributed by atoms with Gasteiger partial charge < -0.3 is 9.84 Å². The molecule has 0 aliphatic rings. The summed E-state index contributed by atoms with van der Waals surface area (Å²) in [4.78, 5) is 27.5. The van der Waals surface area contributed by atoms with E-state index >= 15 is 0 Å². The Morgan fingerprint density at radius 2 is 2.21 bits per heavy atom. The molecule has 0 aliphatic carbocycles. The number of carboxylic acid groups (broad SMARTS) is 1. The predicted octanol–water partition coefficient (Wildman–Crippen LogP) is 1.62. The van der Waals surface area contributed by atoms with E-state index in [1.54, 1.807) is 25.3 Å². The molecule has 0 bridgehead atoms. The van der Waals surface area contributed by atoms with Crippen molar-refractivity contribution in [3.8, 4) is 5.75 Å². The van der Waals surface area contributed by atoms with Crippen molar-refractivity contribution in [2.75, 3.05) is 7.11 Å². The molecule has 0 saturated carbocycles. The monoisotopic (exact) mass is 276 g/mol. The van der Waals surface area contributed by atoms with Crippen molar-refractivity contribution in [3.05, 3.63) is 39.5 Å². The Hall–Kier alpha value is -2.41. The number of ether oxygens (including phenoxy) is 1. The third-order valence-corrected chi connectivity index (χ3v) is 3.69. The Morgan fingerprint density at radius 1 is 1.42 bits per heavy atom. The van der Waals surface area contributed by atoms with Gasteiger partial charge in [0.2, 0.25) is 0 Å². The first-order valence-electron chi connectivity index (χ1n) is 5.34. The van der Waals surface area contributed by atoms with Crippen LogP contribution < -0.4 is 10.3 Å². The number of nitrogens with zero attached hydrogens (tertiary/aromatic N) is 2. The molecule has 2 heterocycles. The van der Waals surface area contributed by atoms with E-state index in [4.69, 9.17) is 9.84 Å². The summed E-state index contributed by atoms with van der Waals surface area (Å²) in [5, 5.41) is 8.94. The van der Waals surface area contributed by atoms with Gasteiger partial charge in [0, 0.05) is 12.1 Å². The molecule has 19 heavy (non-hydrogen) atoms. The topological polar surface area (TPSA) is 80.9 Å². The zero-order chi connectivity index (χ0) is 13.6. The average molecular weight is 276 g/mol. The van der Waals surface area contributed by atoms with Crippen LogP contribution >= 0.6 is 11.3 Å². The van der Waals surface area contributed by atoms with E-state index in [1.807, 2.05) is 0 Å². The lowest BCUT2D eigenvalue weighted by atomic mass is 10.3. The summed E-state index contributed by atoms with van der Waals surface area (Å²) in [6.07, 6.45) is 0. The van der Waals surface area contributed by atoms with Gasteiger partial charge in [-0.05, 0) is 12.1 Å². The summed E-state index contributed by atoms with van der Waals surface area (Å²) in [5.74, 6) is -0.499. The smallest absolute Gasteiger partial charge is 0.346 e. The molecule has 0 aliphatic heterocycles. The van der Waals surface area contributed by atoms with E-state index < -0.39 is 11.5 Å². The van der Waals surface area contributed by atoms with Crippen LogP contribution in [0.3, 0.4) is 0 Å². The molecule has 2 aromatic heterocycles. The van der Waals surface area contributed by atoms with Crippen molar-refractivity contribution >= 4 is 33.3 Å². The molecule has 3 rings (SSSR count). The van der Waals surface area contributed by atoms with Crippen LogP contribution in [0.5, 0.6) is 5.75 Å². The van der Waals surface area contributed by atoms with Gasteiger partial charge in [-0.25, -0.2) is 9.78 Å². The predicted molar refractivity (Wildman–Crippen MR) is 70.4 cm³/mol. The molecule has 0 amide bonds. The minimum absolute atomic E-state index is 0.0280. The Balaban J connectivity index is 2.42. The Kier molecular flexibility index (Phi) is 2.49. The second-order valence-electron chi connectivity index (χ2n) is 3.84. The van der Waals surface area contributed by atoms with Gasteiger partial charge in [0.05, 0.1) is 18.1 Å². The second-order valence-corrected chi connectivity index (χ2v) is 4.85. The Morgan fingerprint density at radius 3 is 2.89 bits per heavy atom. The lowest BCUT2D eigenvalue weighted by molar-refractivity contribution is 0.0702. The van der Waals surface area contributed by atoms with Crippen LogP contribution in [0.4, 0.5) is 0 Å². The number of aromatic nitrogens is 2. The fraction of sp³-hybridized carbons (Fsp3) is 0.0833. The van der Waals surface area contributed by atoms with Gasteiger partial charge in [0.15, 0.2) is 4.96 Å². The van der Waals surface area contributed by atoms with Gasteiger partial charge in [-0.2, -0.15) is 0 Å². The number of hydrogen-bond acceptors (Lipinski definition) is 5. The molecule has 6 nitrogen and oxygen atoms in total. The Bertz CT molecular complexity index is 865. The molecule has 0 unspecified atom stereocenters. The first-order chi connectivity index (χ1) is 9.10. The second kappa shape index (κ2) is 4.06. The first kappa shape index (κ1) is 11.7. The van der Waals surface area contributed by atoms with Crippen molar-refractivity contribution in [3.63, 3.8) is 0 Å². The molecule has 0 atom stereocenters. The van der Waals surface area contributed by atoms with Crippen LogP contribution in [0.25, 0.3) is 16.0 Å². The van der Waals surface area contributed by atoms with Crippen LogP contribution in [0.1, 0.15) is 9.67 Å². The average Bonchev–Trinajstić information content (AvgIpc) is 2.75. The maximum Gasteiger partial charge on any atom is 0.346 e. The molecule has 7 heteroatoms. The van der Waals surface area contributed by atoms with Gasteiger partial charge in [-0.15, -0.1) is 0 Å². The summed E-state index contributed by atoms with van der Waals surface area (Å²) >= 11 is 0.960. The number of carbonyl (C=O) groups is 1. The lowest BCUT2D eigenvalue weighted by Crippen LogP contribution is -2.12. The number of fused-ring (bicyclic) bond motifs is 3. The van der Waals surface area contributed by atoms with Gasteiger partial charge >= 0.3 is 5.97 Å². The van der Waals surface area contributed by atoms with E-state index in [9.17, 15) is 9.59 Å². The lowest BCUT2D eigenvalue weighted by Gasteiger charge is -1.98. The molecule has 0 radical (unpaired) electrons. The Labute approximate surface area is 110 Å². The highest BCUT2D eigenvalue weighted by Crippen LogP contribution is 2.23. The molecule has 0 saturated heterocycles. The number of rotatable bonds is 2. The maximum atomic E-state index is 12.0. The van der Waals surface area contributed by atoms with E-state index in [0.717, 1.165) is 17.4 Å². The van der Waals surface area contributed by atoms with Crippen molar-refractivity contribution in [1.29, 1.82) is 0 Å². The number of methoxy groups -OCH3 is 1. The minimum Gasteiger partial charge on any atom is -0.497 e. The van der Waals surface area contributed by atoms with Gasteiger partial charge in [0.1, 0.15) is 10.6 Å². The van der Waals surface area contributed by atoms with Gasteiger partial charge in [0.25, 0.3) is 5.56 Å². The summed E-state index contributed by atoms with van der Waals surface area (Å²) in [7, 11) is 1.54. The SMILES string of the molecule is COc1ccc2c(c1)nc1sc(C(=O)O)cc(=O)n12. The number of benzene rings is 1. The zero-order valence-electron chi connectivity index (χ0n) is 9.78. The molecule has 3 aromatic rings. The molecule has 0 fully saturated rings. The molecular formula is C12H8N2O4S. The molecule has 1 N–H and O–H groups in total. The van der Waals surface area contributed by atoms with E-state index in [0.29, 0.717) is 21.7 Å². The van der Waals surface area contributed by atoms with Crippen LogP contribution in [-0.4, -0.2) is 27.6 Å². The highest BCUT2D eigenvalue weighted by Gasteiger charge is 2.13. The highest BCUT2D eigenvalue weighted by molar-refractivity contribution is 7.18. The fourth-order valence-corrected chi connectivity index (χ4v) is 2.72. The van der Waals surface area contributed by atoms with Crippen LogP contribution in [0, 0.1) is 0 Å². The minimum atomic E-state index is -1.13. The first-order valence-corrected chi connectivity index (χ1v) is 6.15. The molecular weight excluding hydrogens is 268 g/mol. The summed E-state index contributed by atoms with van der Waals surface area (Å²) in [6, 6.07) is 6.26. The number of carboxylic acids is 1. The summed E-state index contributed by atoms with van der Waals surface area (Å²) < 4.78 is 6.49. The van der Waals surface area contributed by atoms with Crippen molar-refractivity contribution < 1.29 is 14.6 Å². The van der Waals surface area contributed by atoms with Crippen molar-refractivity contribution in [1.82, 2.24) is 9.38 Å². The largest absolute Gasteiger partial charge is 0.497 e. The standard InChI is InChI=1S/C12H8N2O4S/c1-18-6-2-3-8-7(4-6)13-12-14(8)10(15)5-9(19-12)11(16)17/h2-5H,1H3,(H,16,17). The van der Waals surface area contributed by atoms with E-state index in [1.165, 1.54) is 4.40 Å². The summed E-state index contributed by atoms with van der Waals surface area (Å²) in [5.41, 5.74) is 0.822. The third kappa shape index (κ3) is 1.75. The van der Waals surface area contributed by atoms with Gasteiger partial charge in [-0.1, -0.05) is 11.3 Å². The van der Waals surface area contributed by atoms with Crippen molar-refractivity contribution in [2.45, 2.75) is 0 Å². The maximum absolute atomic E-state index is 12.0. The van der Waals surface area contributed by atoms with Crippen LogP contribution in [0.2, 0.25) is 0 Å². The van der Waals surface area contributed by atoms with Gasteiger partial charge in [-0.3, -0.25) is 9.20 Å². The number of imidazole rings is 1. The highest BCUT2D eigenvalue weighted by atomic mass is 32.1. The van der Waals surface area contributed by atoms with Crippen LogP contribution in [0.15, 0.2) is 29.1 Å². The summed E-state index contributed by atoms with van der Waals surface area (Å²) in [6.45, 7) is 0. The van der Waals surface area contributed by atoms with Crippen molar-refractivity contribution in [2.24, 2.45) is 0 Å². The number of aromatic carboxylic acids is 1. The quantitative estimate of drug-likeness (QED) is 0.769. The molecule has 1 aromatic carbocycles.